The van der Waals surface area contributed by atoms with Gasteiger partial charge < -0.3 is 19.4 Å². The molecule has 1 aromatic heterocycles. The number of methoxy groups -OCH3 is 1. The predicted octanol–water partition coefficient (Wildman–Crippen LogP) is 0.391. The highest BCUT2D eigenvalue weighted by molar-refractivity contribution is 5.83. The van der Waals surface area contributed by atoms with Crippen LogP contribution in [0.15, 0.2) is 22.8 Å². The summed E-state index contributed by atoms with van der Waals surface area (Å²) in [6.45, 7) is 2.61. The molecule has 1 aromatic rings. The molecule has 18 heavy (non-hydrogen) atoms. The van der Waals surface area contributed by atoms with Crippen LogP contribution in [0.1, 0.15) is 12.7 Å². The first-order valence-electron chi connectivity index (χ1n) is 5.67. The lowest BCUT2D eigenvalue weighted by molar-refractivity contribution is -0.135. The molecule has 0 spiro atoms. The monoisotopic (exact) mass is 254 g/mol. The molecule has 6 nitrogen and oxygen atoms in total. The van der Waals surface area contributed by atoms with Crippen LogP contribution >= 0.6 is 0 Å². The van der Waals surface area contributed by atoms with Gasteiger partial charge in [-0.15, -0.1) is 0 Å². The standard InChI is InChI=1S/C12H18N2O4/c1-10(15)14(8-11-4-3-6-18-11)9-12(16)13-5-7-17-2/h3-4,6H,5,7-9H2,1-2H3,(H,13,16). The van der Waals surface area contributed by atoms with Crippen molar-refractivity contribution in [2.75, 3.05) is 26.8 Å². The number of hydrogen-bond donors (Lipinski definition) is 1. The Bertz CT molecular complexity index is 375. The molecule has 0 aliphatic carbocycles. The molecule has 0 fully saturated rings. The fraction of sp³-hybridized carbons (Fsp3) is 0.500. The van der Waals surface area contributed by atoms with Gasteiger partial charge in [-0.1, -0.05) is 0 Å². The first-order chi connectivity index (χ1) is 8.63. The second kappa shape index (κ2) is 7.50. The summed E-state index contributed by atoms with van der Waals surface area (Å²) in [5.74, 6) is 0.261. The summed E-state index contributed by atoms with van der Waals surface area (Å²) in [5.41, 5.74) is 0. The van der Waals surface area contributed by atoms with Gasteiger partial charge in [0.05, 0.1) is 26.0 Å². The molecule has 1 N–H and O–H groups in total. The van der Waals surface area contributed by atoms with Crippen LogP contribution in [0, 0.1) is 0 Å². The average molecular weight is 254 g/mol. The van der Waals surface area contributed by atoms with E-state index in [2.05, 4.69) is 5.32 Å². The molecule has 1 rings (SSSR count). The van der Waals surface area contributed by atoms with Crippen LogP contribution < -0.4 is 5.32 Å². The first-order valence-corrected chi connectivity index (χ1v) is 5.67. The van der Waals surface area contributed by atoms with Gasteiger partial charge in [-0.3, -0.25) is 9.59 Å². The number of hydrogen-bond acceptors (Lipinski definition) is 4. The van der Waals surface area contributed by atoms with Crippen LogP contribution in [-0.2, 0) is 20.9 Å². The molecular formula is C12H18N2O4. The summed E-state index contributed by atoms with van der Waals surface area (Å²) >= 11 is 0. The number of carbonyl (C=O) groups is 2. The van der Waals surface area contributed by atoms with E-state index in [-0.39, 0.29) is 18.4 Å². The number of nitrogens with one attached hydrogen (secondary N) is 1. The molecule has 0 unspecified atom stereocenters. The normalized spacial score (nSPS) is 10.1. The Morgan fingerprint density at radius 2 is 2.28 bits per heavy atom. The molecule has 0 saturated heterocycles. The van der Waals surface area contributed by atoms with E-state index in [0.29, 0.717) is 25.5 Å². The van der Waals surface area contributed by atoms with Gasteiger partial charge >= 0.3 is 0 Å². The Balaban J connectivity index is 2.42. The molecule has 1 heterocycles. The summed E-state index contributed by atoms with van der Waals surface area (Å²) in [6, 6.07) is 3.51. The van der Waals surface area contributed by atoms with E-state index in [4.69, 9.17) is 9.15 Å². The molecule has 0 radical (unpaired) electrons. The fourth-order valence-electron chi connectivity index (χ4n) is 1.39. The number of furan rings is 1. The van der Waals surface area contributed by atoms with Crippen molar-refractivity contribution >= 4 is 11.8 Å². The van der Waals surface area contributed by atoms with Gasteiger partial charge in [0, 0.05) is 20.6 Å². The number of nitrogens with zero attached hydrogens (tertiary/aromatic N) is 1. The number of ether oxygens (including phenoxy) is 1. The zero-order valence-electron chi connectivity index (χ0n) is 10.6. The van der Waals surface area contributed by atoms with E-state index < -0.39 is 0 Å². The zero-order valence-corrected chi connectivity index (χ0v) is 10.6. The Hall–Kier alpha value is -1.82. The highest BCUT2D eigenvalue weighted by Gasteiger charge is 2.14. The van der Waals surface area contributed by atoms with Gasteiger partial charge in [-0.05, 0) is 12.1 Å². The highest BCUT2D eigenvalue weighted by atomic mass is 16.5. The van der Waals surface area contributed by atoms with Gasteiger partial charge in [0.25, 0.3) is 0 Å². The Morgan fingerprint density at radius 3 is 2.83 bits per heavy atom. The van der Waals surface area contributed by atoms with E-state index in [9.17, 15) is 9.59 Å². The zero-order chi connectivity index (χ0) is 13.4. The van der Waals surface area contributed by atoms with Crippen molar-refractivity contribution in [3.8, 4) is 0 Å². The summed E-state index contributed by atoms with van der Waals surface area (Å²) in [5, 5.41) is 2.66. The molecule has 2 amide bonds. The smallest absolute Gasteiger partial charge is 0.239 e. The Morgan fingerprint density at radius 1 is 1.50 bits per heavy atom. The van der Waals surface area contributed by atoms with Gasteiger partial charge in [0.1, 0.15) is 5.76 Å². The third-order valence-electron chi connectivity index (χ3n) is 2.33. The van der Waals surface area contributed by atoms with Crippen LogP contribution in [0.25, 0.3) is 0 Å². The average Bonchev–Trinajstić information content (AvgIpc) is 2.81. The Labute approximate surface area is 106 Å². The van der Waals surface area contributed by atoms with E-state index in [0.717, 1.165) is 0 Å². The van der Waals surface area contributed by atoms with E-state index >= 15 is 0 Å². The lowest BCUT2D eigenvalue weighted by Gasteiger charge is -2.19. The lowest BCUT2D eigenvalue weighted by Crippen LogP contribution is -2.40. The molecule has 0 aliphatic rings. The highest BCUT2D eigenvalue weighted by Crippen LogP contribution is 2.05. The quantitative estimate of drug-likeness (QED) is 0.714. The van der Waals surface area contributed by atoms with Crippen LogP contribution in [-0.4, -0.2) is 43.5 Å². The maximum atomic E-state index is 11.6. The third-order valence-corrected chi connectivity index (χ3v) is 2.33. The van der Waals surface area contributed by atoms with Gasteiger partial charge in [0.2, 0.25) is 11.8 Å². The number of carbonyl (C=O) groups excluding carboxylic acids is 2. The van der Waals surface area contributed by atoms with Crippen molar-refractivity contribution in [2.24, 2.45) is 0 Å². The van der Waals surface area contributed by atoms with E-state index in [1.165, 1.54) is 18.1 Å². The molecule has 0 saturated carbocycles. The third kappa shape index (κ3) is 5.01. The second-order valence-electron chi connectivity index (χ2n) is 3.80. The molecule has 0 aliphatic heterocycles. The van der Waals surface area contributed by atoms with E-state index in [1.54, 1.807) is 19.2 Å². The predicted molar refractivity (Wildman–Crippen MR) is 64.7 cm³/mol. The summed E-state index contributed by atoms with van der Waals surface area (Å²) in [6.07, 6.45) is 1.53. The molecule has 6 heteroatoms. The molecule has 100 valence electrons. The summed E-state index contributed by atoms with van der Waals surface area (Å²) in [4.78, 5) is 24.4. The minimum atomic E-state index is -0.214. The molecule has 0 aromatic carbocycles. The van der Waals surface area contributed by atoms with Crippen molar-refractivity contribution in [2.45, 2.75) is 13.5 Å². The van der Waals surface area contributed by atoms with Gasteiger partial charge in [-0.25, -0.2) is 0 Å². The summed E-state index contributed by atoms with van der Waals surface area (Å²) in [7, 11) is 1.56. The second-order valence-corrected chi connectivity index (χ2v) is 3.80. The van der Waals surface area contributed by atoms with Crippen molar-refractivity contribution in [1.29, 1.82) is 0 Å². The van der Waals surface area contributed by atoms with Crippen molar-refractivity contribution in [3.63, 3.8) is 0 Å². The fourth-order valence-corrected chi connectivity index (χ4v) is 1.39. The van der Waals surface area contributed by atoms with Crippen LogP contribution in [0.4, 0.5) is 0 Å². The van der Waals surface area contributed by atoms with Crippen LogP contribution in [0.2, 0.25) is 0 Å². The van der Waals surface area contributed by atoms with Crippen LogP contribution in [0.3, 0.4) is 0 Å². The minimum absolute atomic E-state index is 0.0136. The molecule has 0 atom stereocenters. The van der Waals surface area contributed by atoms with Crippen LogP contribution in [0.5, 0.6) is 0 Å². The topological polar surface area (TPSA) is 71.8 Å². The summed E-state index contributed by atoms with van der Waals surface area (Å²) < 4.78 is 9.97. The van der Waals surface area contributed by atoms with E-state index in [1.807, 2.05) is 0 Å². The largest absolute Gasteiger partial charge is 0.467 e. The maximum Gasteiger partial charge on any atom is 0.239 e. The van der Waals surface area contributed by atoms with Crippen molar-refractivity contribution in [3.05, 3.63) is 24.2 Å². The SMILES string of the molecule is COCCNC(=O)CN(Cc1ccco1)C(C)=O. The molecule has 0 bridgehead atoms. The van der Waals surface area contributed by atoms with Gasteiger partial charge in [0.15, 0.2) is 0 Å². The first kappa shape index (κ1) is 14.2. The Kier molecular flexibility index (Phi) is 5.93. The minimum Gasteiger partial charge on any atom is -0.467 e. The maximum absolute atomic E-state index is 11.6. The van der Waals surface area contributed by atoms with Gasteiger partial charge in [-0.2, -0.15) is 0 Å². The molecular weight excluding hydrogens is 236 g/mol. The number of amides is 2. The van der Waals surface area contributed by atoms with Crippen molar-refractivity contribution < 1.29 is 18.7 Å². The number of rotatable bonds is 7. The van der Waals surface area contributed by atoms with Crippen molar-refractivity contribution in [1.82, 2.24) is 10.2 Å². The lowest BCUT2D eigenvalue weighted by atomic mass is 10.3.